The van der Waals surface area contributed by atoms with Crippen LogP contribution in [0.1, 0.15) is 24.1 Å². The molecule has 2 aliphatic rings. The molecular formula is C16H21N3O. The molecular weight excluding hydrogens is 250 g/mol. The molecule has 1 aliphatic heterocycles. The highest BCUT2D eigenvalue weighted by Crippen LogP contribution is 2.31. The highest BCUT2D eigenvalue weighted by molar-refractivity contribution is 5.84. The fraction of sp³-hybridized carbons (Fsp3) is 0.562. The lowest BCUT2D eigenvalue weighted by molar-refractivity contribution is 0.122. The highest BCUT2D eigenvalue weighted by atomic mass is 16.5. The number of fused-ring (bicyclic) bond motifs is 3. The molecule has 0 atom stereocenters. The van der Waals surface area contributed by atoms with Gasteiger partial charge in [0.25, 0.3) is 0 Å². The molecule has 1 fully saturated rings. The zero-order valence-electron chi connectivity index (χ0n) is 12.1. The fourth-order valence-electron chi connectivity index (χ4n) is 3.58. The molecule has 1 aliphatic carbocycles. The number of anilines is 1. The van der Waals surface area contributed by atoms with Crippen molar-refractivity contribution >= 4 is 16.9 Å². The normalized spacial score (nSPS) is 19.4. The minimum absolute atomic E-state index is 0.809. The molecule has 0 N–H and O–H groups in total. The van der Waals surface area contributed by atoms with E-state index in [0.29, 0.717) is 0 Å². The van der Waals surface area contributed by atoms with E-state index in [2.05, 4.69) is 28.6 Å². The first-order valence-corrected chi connectivity index (χ1v) is 7.64. The monoisotopic (exact) mass is 271 g/mol. The van der Waals surface area contributed by atoms with Gasteiger partial charge < -0.3 is 14.2 Å². The van der Waals surface area contributed by atoms with Crippen LogP contribution < -0.4 is 4.90 Å². The van der Waals surface area contributed by atoms with Gasteiger partial charge in [-0.1, -0.05) is 0 Å². The van der Waals surface area contributed by atoms with Crippen molar-refractivity contribution in [3.05, 3.63) is 23.4 Å². The standard InChI is InChI=1S/C16H21N3O/c1-18-14-5-3-2-4-12(14)13-6-7-15(17-16(13)18)19-8-10-20-11-9-19/h6-7H,2-5,8-11H2,1H3. The maximum Gasteiger partial charge on any atom is 0.142 e. The Labute approximate surface area is 119 Å². The molecule has 0 saturated carbocycles. The Morgan fingerprint density at radius 2 is 1.90 bits per heavy atom. The number of hydrogen-bond donors (Lipinski definition) is 0. The van der Waals surface area contributed by atoms with E-state index in [0.717, 1.165) is 37.8 Å². The van der Waals surface area contributed by atoms with Gasteiger partial charge in [-0.3, -0.25) is 0 Å². The van der Waals surface area contributed by atoms with E-state index in [9.17, 15) is 0 Å². The van der Waals surface area contributed by atoms with Gasteiger partial charge in [0.05, 0.1) is 13.2 Å². The molecule has 4 heteroatoms. The maximum absolute atomic E-state index is 5.42. The SMILES string of the molecule is Cn1c2c(c3ccc(N4CCOCC4)nc31)CCCC2. The van der Waals surface area contributed by atoms with Gasteiger partial charge in [-0.15, -0.1) is 0 Å². The summed E-state index contributed by atoms with van der Waals surface area (Å²) in [5, 5.41) is 1.36. The average Bonchev–Trinajstić information content (AvgIpc) is 2.81. The number of rotatable bonds is 1. The Balaban J connectivity index is 1.81. The topological polar surface area (TPSA) is 30.3 Å². The molecule has 0 spiro atoms. The molecule has 1 saturated heterocycles. The lowest BCUT2D eigenvalue weighted by Crippen LogP contribution is -2.36. The Kier molecular flexibility index (Phi) is 2.91. The van der Waals surface area contributed by atoms with Gasteiger partial charge in [-0.05, 0) is 43.4 Å². The number of nitrogens with zero attached hydrogens (tertiary/aromatic N) is 3. The van der Waals surface area contributed by atoms with Crippen LogP contribution in [-0.2, 0) is 24.6 Å². The number of morpholine rings is 1. The van der Waals surface area contributed by atoms with Crippen LogP contribution in [0.2, 0.25) is 0 Å². The second-order valence-corrected chi connectivity index (χ2v) is 5.83. The van der Waals surface area contributed by atoms with Crippen LogP contribution >= 0.6 is 0 Å². The Bertz CT molecular complexity index is 641. The van der Waals surface area contributed by atoms with E-state index in [-0.39, 0.29) is 0 Å². The summed E-state index contributed by atoms with van der Waals surface area (Å²) in [6, 6.07) is 4.46. The third kappa shape index (κ3) is 1.82. The van der Waals surface area contributed by atoms with Crippen molar-refractivity contribution in [2.45, 2.75) is 25.7 Å². The third-order valence-electron chi connectivity index (χ3n) is 4.68. The predicted octanol–water partition coefficient (Wildman–Crippen LogP) is 2.29. The predicted molar refractivity (Wildman–Crippen MR) is 80.4 cm³/mol. The van der Waals surface area contributed by atoms with Gasteiger partial charge in [0.15, 0.2) is 0 Å². The first-order valence-electron chi connectivity index (χ1n) is 7.64. The first kappa shape index (κ1) is 12.2. The van der Waals surface area contributed by atoms with Gasteiger partial charge in [0.1, 0.15) is 11.5 Å². The van der Waals surface area contributed by atoms with Crippen LogP contribution in [0.3, 0.4) is 0 Å². The summed E-state index contributed by atoms with van der Waals surface area (Å²) in [6.07, 6.45) is 5.05. The van der Waals surface area contributed by atoms with Crippen LogP contribution in [0, 0.1) is 0 Å². The van der Waals surface area contributed by atoms with E-state index in [4.69, 9.17) is 9.72 Å². The van der Waals surface area contributed by atoms with E-state index < -0.39 is 0 Å². The van der Waals surface area contributed by atoms with Crippen molar-refractivity contribution in [3.8, 4) is 0 Å². The molecule has 20 heavy (non-hydrogen) atoms. The van der Waals surface area contributed by atoms with Crippen LogP contribution in [-0.4, -0.2) is 35.9 Å². The molecule has 0 aromatic carbocycles. The average molecular weight is 271 g/mol. The molecule has 0 unspecified atom stereocenters. The van der Waals surface area contributed by atoms with Crippen molar-refractivity contribution in [2.24, 2.45) is 7.05 Å². The zero-order valence-corrected chi connectivity index (χ0v) is 12.1. The first-order chi connectivity index (χ1) is 9.84. The fourth-order valence-corrected chi connectivity index (χ4v) is 3.58. The quantitative estimate of drug-likeness (QED) is 0.797. The zero-order chi connectivity index (χ0) is 13.5. The molecule has 0 radical (unpaired) electrons. The van der Waals surface area contributed by atoms with E-state index >= 15 is 0 Å². The van der Waals surface area contributed by atoms with Crippen LogP contribution in [0.15, 0.2) is 12.1 Å². The molecule has 0 amide bonds. The summed E-state index contributed by atoms with van der Waals surface area (Å²) in [5.41, 5.74) is 4.19. The molecule has 2 aromatic rings. The Morgan fingerprint density at radius 1 is 1.10 bits per heavy atom. The summed E-state index contributed by atoms with van der Waals surface area (Å²) in [6.45, 7) is 3.51. The third-order valence-corrected chi connectivity index (χ3v) is 4.68. The lowest BCUT2D eigenvalue weighted by atomic mass is 9.96. The molecule has 106 valence electrons. The molecule has 3 heterocycles. The molecule has 4 rings (SSSR count). The van der Waals surface area contributed by atoms with Gasteiger partial charge >= 0.3 is 0 Å². The van der Waals surface area contributed by atoms with Crippen LogP contribution in [0.5, 0.6) is 0 Å². The lowest BCUT2D eigenvalue weighted by Gasteiger charge is -2.27. The largest absolute Gasteiger partial charge is 0.378 e. The number of ether oxygens (including phenoxy) is 1. The van der Waals surface area contributed by atoms with Crippen molar-refractivity contribution in [3.63, 3.8) is 0 Å². The van der Waals surface area contributed by atoms with E-state index in [1.54, 1.807) is 0 Å². The minimum atomic E-state index is 0.809. The Hall–Kier alpha value is -1.55. The van der Waals surface area contributed by atoms with Crippen LogP contribution in [0.25, 0.3) is 11.0 Å². The second kappa shape index (κ2) is 4.77. The number of aromatic nitrogens is 2. The summed E-state index contributed by atoms with van der Waals surface area (Å²) in [7, 11) is 2.17. The van der Waals surface area contributed by atoms with Crippen molar-refractivity contribution in [1.29, 1.82) is 0 Å². The number of pyridine rings is 1. The minimum Gasteiger partial charge on any atom is -0.378 e. The highest BCUT2D eigenvalue weighted by Gasteiger charge is 2.20. The molecule has 0 bridgehead atoms. The molecule has 2 aromatic heterocycles. The van der Waals surface area contributed by atoms with Crippen molar-refractivity contribution < 1.29 is 4.74 Å². The van der Waals surface area contributed by atoms with Crippen molar-refractivity contribution in [1.82, 2.24) is 9.55 Å². The van der Waals surface area contributed by atoms with Gasteiger partial charge in [0, 0.05) is 31.2 Å². The van der Waals surface area contributed by atoms with Gasteiger partial charge in [0.2, 0.25) is 0 Å². The van der Waals surface area contributed by atoms with Gasteiger partial charge in [-0.2, -0.15) is 0 Å². The smallest absolute Gasteiger partial charge is 0.142 e. The van der Waals surface area contributed by atoms with Gasteiger partial charge in [-0.25, -0.2) is 4.98 Å². The Morgan fingerprint density at radius 3 is 2.75 bits per heavy atom. The molecule has 4 nitrogen and oxygen atoms in total. The summed E-state index contributed by atoms with van der Waals surface area (Å²) in [5.74, 6) is 1.10. The second-order valence-electron chi connectivity index (χ2n) is 5.83. The number of aryl methyl sites for hydroxylation is 2. The summed E-state index contributed by atoms with van der Waals surface area (Å²) < 4.78 is 7.74. The van der Waals surface area contributed by atoms with E-state index in [1.807, 2.05) is 0 Å². The summed E-state index contributed by atoms with van der Waals surface area (Å²) in [4.78, 5) is 7.27. The maximum atomic E-state index is 5.42. The number of hydrogen-bond acceptors (Lipinski definition) is 3. The van der Waals surface area contributed by atoms with Crippen molar-refractivity contribution in [2.75, 3.05) is 31.2 Å². The van der Waals surface area contributed by atoms with Crippen LogP contribution in [0.4, 0.5) is 5.82 Å². The van der Waals surface area contributed by atoms with E-state index in [1.165, 1.54) is 42.3 Å². The summed E-state index contributed by atoms with van der Waals surface area (Å²) >= 11 is 0.